The van der Waals surface area contributed by atoms with Crippen LogP contribution in [-0.2, 0) is 0 Å². The maximum atomic E-state index is 14.5. The molecule has 2 saturated heterocycles. The number of halogens is 1. The molecule has 6 nitrogen and oxygen atoms in total. The molecule has 0 amide bonds. The topological polar surface area (TPSA) is 54.0 Å². The van der Waals surface area contributed by atoms with Crippen molar-refractivity contribution in [2.45, 2.75) is 25.8 Å². The third-order valence-electron chi connectivity index (χ3n) is 6.61. The van der Waals surface area contributed by atoms with Crippen LogP contribution in [0.3, 0.4) is 0 Å². The SMILES string of the molecule is Cc1cn2cc(-c3cc4ccc(N5CCN6CCCC6C5)cc4oc3=O)cc(F)c2n1. The molecule has 0 N–H and O–H groups in total. The molecular weight excluding hydrogens is 395 g/mol. The Morgan fingerprint density at radius 2 is 2.03 bits per heavy atom. The van der Waals surface area contributed by atoms with Gasteiger partial charge in [-0.25, -0.2) is 14.2 Å². The third-order valence-corrected chi connectivity index (χ3v) is 6.61. The molecule has 1 atom stereocenters. The van der Waals surface area contributed by atoms with Gasteiger partial charge in [-0.3, -0.25) is 4.90 Å². The normalized spacial score (nSPS) is 19.4. The van der Waals surface area contributed by atoms with Gasteiger partial charge in [-0.15, -0.1) is 0 Å². The summed E-state index contributed by atoms with van der Waals surface area (Å²) in [5, 5.41) is 0.820. The molecule has 2 aliphatic rings. The van der Waals surface area contributed by atoms with Crippen LogP contribution in [-0.4, -0.2) is 46.5 Å². The fourth-order valence-electron chi connectivity index (χ4n) is 5.05. The number of aromatic nitrogens is 2. The summed E-state index contributed by atoms with van der Waals surface area (Å²) in [5.74, 6) is -0.466. The lowest BCUT2D eigenvalue weighted by Gasteiger charge is -2.38. The smallest absolute Gasteiger partial charge is 0.344 e. The van der Waals surface area contributed by atoms with E-state index in [9.17, 15) is 9.18 Å². The molecule has 31 heavy (non-hydrogen) atoms. The molecule has 7 heteroatoms. The molecule has 4 aromatic rings. The molecule has 1 unspecified atom stereocenters. The van der Waals surface area contributed by atoms with Crippen molar-refractivity contribution in [3.8, 4) is 11.1 Å². The third kappa shape index (κ3) is 3.11. The van der Waals surface area contributed by atoms with E-state index in [4.69, 9.17) is 4.42 Å². The molecular formula is C24H23FN4O2. The summed E-state index contributed by atoms with van der Waals surface area (Å²) in [6.07, 6.45) is 5.98. The van der Waals surface area contributed by atoms with Crippen LogP contribution in [0.4, 0.5) is 10.1 Å². The fourth-order valence-corrected chi connectivity index (χ4v) is 5.05. The lowest BCUT2D eigenvalue weighted by molar-refractivity contribution is 0.231. The minimum Gasteiger partial charge on any atom is -0.422 e. The summed E-state index contributed by atoms with van der Waals surface area (Å²) in [4.78, 5) is 21.9. The van der Waals surface area contributed by atoms with Gasteiger partial charge in [-0.1, -0.05) is 0 Å². The first-order valence-corrected chi connectivity index (χ1v) is 10.8. The van der Waals surface area contributed by atoms with E-state index in [1.807, 2.05) is 12.1 Å². The highest BCUT2D eigenvalue weighted by molar-refractivity contribution is 5.84. The standard InChI is InChI=1S/C24H23FN4O2/c1-15-12-29-13-17(10-21(25)23(29)26-15)20-9-16-4-5-18(11-22(16)31-24(20)30)28-8-7-27-6-2-3-19(27)14-28/h4-5,9-13,19H,2-3,6-8,14H2,1H3. The maximum Gasteiger partial charge on any atom is 0.344 e. The van der Waals surface area contributed by atoms with Crippen molar-refractivity contribution in [1.29, 1.82) is 0 Å². The Morgan fingerprint density at radius 3 is 2.94 bits per heavy atom. The molecule has 6 rings (SSSR count). The Bertz CT molecular complexity index is 1380. The van der Waals surface area contributed by atoms with Gasteiger partial charge in [0, 0.05) is 60.8 Å². The van der Waals surface area contributed by atoms with E-state index in [1.54, 1.807) is 29.8 Å². The van der Waals surface area contributed by atoms with Gasteiger partial charge >= 0.3 is 5.63 Å². The number of rotatable bonds is 2. The van der Waals surface area contributed by atoms with Crippen molar-refractivity contribution < 1.29 is 8.81 Å². The number of aryl methyl sites for hydroxylation is 1. The molecule has 2 fully saturated rings. The summed E-state index contributed by atoms with van der Waals surface area (Å²) >= 11 is 0. The van der Waals surface area contributed by atoms with E-state index in [0.717, 1.165) is 30.7 Å². The van der Waals surface area contributed by atoms with Crippen LogP contribution in [0.2, 0.25) is 0 Å². The number of piperazine rings is 1. The van der Waals surface area contributed by atoms with Gasteiger partial charge in [0.15, 0.2) is 11.5 Å². The number of benzene rings is 1. The number of nitrogens with zero attached hydrogens (tertiary/aromatic N) is 4. The molecule has 158 valence electrons. The van der Waals surface area contributed by atoms with Gasteiger partial charge in [0.1, 0.15) is 5.58 Å². The second-order valence-electron chi connectivity index (χ2n) is 8.64. The van der Waals surface area contributed by atoms with Crippen molar-refractivity contribution in [3.63, 3.8) is 0 Å². The van der Waals surface area contributed by atoms with E-state index >= 15 is 0 Å². The minimum atomic E-state index is -0.471. The van der Waals surface area contributed by atoms with Gasteiger partial charge < -0.3 is 13.7 Å². The Balaban J connectivity index is 1.38. The Morgan fingerprint density at radius 1 is 1.13 bits per heavy atom. The monoisotopic (exact) mass is 418 g/mol. The lowest BCUT2D eigenvalue weighted by Crippen LogP contribution is -2.50. The van der Waals surface area contributed by atoms with Crippen molar-refractivity contribution in [1.82, 2.24) is 14.3 Å². The van der Waals surface area contributed by atoms with E-state index in [2.05, 4.69) is 20.9 Å². The Hall–Kier alpha value is -3.19. The van der Waals surface area contributed by atoms with E-state index in [-0.39, 0.29) is 5.65 Å². The molecule has 1 aromatic carbocycles. The Kier molecular flexibility index (Phi) is 4.14. The van der Waals surface area contributed by atoms with Gasteiger partial charge in [-0.2, -0.15) is 0 Å². The van der Waals surface area contributed by atoms with Crippen LogP contribution in [0.1, 0.15) is 18.5 Å². The van der Waals surface area contributed by atoms with E-state index < -0.39 is 11.4 Å². The predicted octanol–water partition coefficient (Wildman–Crippen LogP) is 3.84. The maximum absolute atomic E-state index is 14.5. The zero-order valence-electron chi connectivity index (χ0n) is 17.3. The summed E-state index contributed by atoms with van der Waals surface area (Å²) in [7, 11) is 0. The number of fused-ring (bicyclic) bond motifs is 3. The number of hydrogen-bond donors (Lipinski definition) is 0. The van der Waals surface area contributed by atoms with Crippen molar-refractivity contribution >= 4 is 22.3 Å². The summed E-state index contributed by atoms with van der Waals surface area (Å²) < 4.78 is 21.8. The minimum absolute atomic E-state index is 0.249. The highest BCUT2D eigenvalue weighted by Crippen LogP contribution is 2.29. The van der Waals surface area contributed by atoms with Gasteiger partial charge in [0.05, 0.1) is 11.3 Å². The fraction of sp³-hybridized carbons (Fsp3) is 0.333. The zero-order chi connectivity index (χ0) is 21.1. The average molecular weight is 418 g/mol. The van der Waals surface area contributed by atoms with Crippen molar-refractivity contribution in [2.24, 2.45) is 0 Å². The number of imidazole rings is 1. The van der Waals surface area contributed by atoms with Crippen molar-refractivity contribution in [2.75, 3.05) is 31.1 Å². The lowest BCUT2D eigenvalue weighted by atomic mass is 10.1. The zero-order valence-corrected chi connectivity index (χ0v) is 17.3. The van der Waals surface area contributed by atoms with Crippen LogP contribution in [0.5, 0.6) is 0 Å². The molecule has 2 aliphatic heterocycles. The average Bonchev–Trinajstić information content (AvgIpc) is 3.38. The van der Waals surface area contributed by atoms with Crippen LogP contribution >= 0.6 is 0 Å². The highest BCUT2D eigenvalue weighted by atomic mass is 19.1. The van der Waals surface area contributed by atoms with Crippen LogP contribution in [0.15, 0.2) is 51.9 Å². The summed E-state index contributed by atoms with van der Waals surface area (Å²) in [6.45, 7) is 6.08. The van der Waals surface area contributed by atoms with Crippen LogP contribution in [0, 0.1) is 12.7 Å². The predicted molar refractivity (Wildman–Crippen MR) is 118 cm³/mol. The van der Waals surface area contributed by atoms with Gasteiger partial charge in [0.25, 0.3) is 0 Å². The first-order chi connectivity index (χ1) is 15.0. The largest absolute Gasteiger partial charge is 0.422 e. The summed E-state index contributed by atoms with van der Waals surface area (Å²) in [5.41, 5.74) is 2.94. The highest BCUT2D eigenvalue weighted by Gasteiger charge is 2.30. The Labute approximate surface area is 178 Å². The van der Waals surface area contributed by atoms with Crippen LogP contribution < -0.4 is 10.5 Å². The van der Waals surface area contributed by atoms with Gasteiger partial charge in [-0.05, 0) is 50.6 Å². The van der Waals surface area contributed by atoms with E-state index in [0.29, 0.717) is 28.4 Å². The van der Waals surface area contributed by atoms with E-state index in [1.165, 1.54) is 25.5 Å². The second kappa shape index (κ2) is 6.92. The first kappa shape index (κ1) is 18.6. The molecule has 5 heterocycles. The molecule has 0 aliphatic carbocycles. The second-order valence-corrected chi connectivity index (χ2v) is 8.64. The number of hydrogen-bond acceptors (Lipinski definition) is 5. The molecule has 0 radical (unpaired) electrons. The van der Waals surface area contributed by atoms with Gasteiger partial charge in [0.2, 0.25) is 0 Å². The first-order valence-electron chi connectivity index (χ1n) is 10.8. The number of pyridine rings is 1. The molecule has 0 bridgehead atoms. The van der Waals surface area contributed by atoms with Crippen molar-refractivity contribution in [3.05, 3.63) is 64.7 Å². The number of anilines is 1. The molecule has 0 spiro atoms. The summed E-state index contributed by atoms with van der Waals surface area (Å²) in [6, 6.07) is 9.76. The quantitative estimate of drug-likeness (QED) is 0.463. The van der Waals surface area contributed by atoms with Crippen LogP contribution in [0.25, 0.3) is 27.7 Å². The molecule has 3 aromatic heterocycles. The molecule has 0 saturated carbocycles.